The van der Waals surface area contributed by atoms with Crippen molar-refractivity contribution in [1.82, 2.24) is 10.2 Å². The van der Waals surface area contributed by atoms with Crippen molar-refractivity contribution in [3.05, 3.63) is 17.7 Å². The molecule has 1 N–H and O–H groups in total. The van der Waals surface area contributed by atoms with Crippen molar-refractivity contribution >= 4 is 17.9 Å². The molecule has 0 aromatic heterocycles. The number of amides is 3. The monoisotopic (exact) mass is 352 g/mol. The third kappa shape index (κ3) is 3.76. The molecule has 1 heterocycles. The highest BCUT2D eigenvalue weighted by Crippen LogP contribution is 2.35. The van der Waals surface area contributed by atoms with E-state index in [0.717, 1.165) is 4.90 Å². The maximum Gasteiger partial charge on any atom is 0.342 e. The average Bonchev–Trinajstić information content (AvgIpc) is 3.05. The molecule has 1 aliphatic rings. The van der Waals surface area contributed by atoms with Gasteiger partial charge >= 0.3 is 12.0 Å². The third-order valence-corrected chi connectivity index (χ3v) is 3.68. The molecule has 1 atom stereocenters. The molecule has 9 heteroatoms. The minimum Gasteiger partial charge on any atom is -0.496 e. The van der Waals surface area contributed by atoms with Gasteiger partial charge in [-0.05, 0) is 6.92 Å². The first kappa shape index (κ1) is 18.4. The maximum absolute atomic E-state index is 12.4. The van der Waals surface area contributed by atoms with E-state index in [2.05, 4.69) is 5.32 Å². The van der Waals surface area contributed by atoms with Crippen LogP contribution in [0.2, 0.25) is 0 Å². The number of urea groups is 1. The van der Waals surface area contributed by atoms with Crippen LogP contribution in [-0.2, 0) is 9.53 Å². The topological polar surface area (TPSA) is 103 Å². The summed E-state index contributed by atoms with van der Waals surface area (Å²) < 4.78 is 20.7. The normalized spacial score (nSPS) is 14.6. The highest BCUT2D eigenvalue weighted by molar-refractivity contribution is 6.00. The van der Waals surface area contributed by atoms with Gasteiger partial charge in [-0.3, -0.25) is 9.69 Å². The number of hydrogen-bond donors (Lipinski definition) is 1. The molecule has 0 radical (unpaired) electrons. The number of hydrogen-bond acceptors (Lipinski definition) is 7. The van der Waals surface area contributed by atoms with Gasteiger partial charge in [-0.15, -0.1) is 0 Å². The summed E-state index contributed by atoms with van der Waals surface area (Å²) in [5.41, 5.74) is 0.0747. The molecule has 1 aromatic rings. The van der Waals surface area contributed by atoms with Crippen LogP contribution in [0.5, 0.6) is 17.2 Å². The van der Waals surface area contributed by atoms with Crippen molar-refractivity contribution < 1.29 is 33.3 Å². The molecule has 0 bridgehead atoms. The van der Waals surface area contributed by atoms with Gasteiger partial charge < -0.3 is 24.3 Å². The van der Waals surface area contributed by atoms with E-state index < -0.39 is 24.0 Å². The van der Waals surface area contributed by atoms with Crippen LogP contribution in [0.3, 0.4) is 0 Å². The van der Waals surface area contributed by atoms with Crippen molar-refractivity contribution in [3.63, 3.8) is 0 Å². The van der Waals surface area contributed by atoms with Crippen molar-refractivity contribution in [3.8, 4) is 17.2 Å². The Hall–Kier alpha value is -2.97. The lowest BCUT2D eigenvalue weighted by Gasteiger charge is -2.19. The summed E-state index contributed by atoms with van der Waals surface area (Å²) in [7, 11) is 4.27. The first-order valence-electron chi connectivity index (χ1n) is 7.53. The lowest BCUT2D eigenvalue weighted by molar-refractivity contribution is -0.136. The van der Waals surface area contributed by atoms with Crippen LogP contribution in [0.25, 0.3) is 0 Å². The molecule has 25 heavy (non-hydrogen) atoms. The van der Waals surface area contributed by atoms with E-state index in [1.54, 1.807) is 0 Å². The maximum atomic E-state index is 12.4. The first-order chi connectivity index (χ1) is 11.9. The minimum atomic E-state index is -1.13. The van der Waals surface area contributed by atoms with Crippen molar-refractivity contribution in [2.24, 2.45) is 0 Å². The van der Waals surface area contributed by atoms with Gasteiger partial charge in [0.05, 0.1) is 21.3 Å². The number of benzene rings is 1. The fraction of sp³-hybridized carbons (Fsp3) is 0.438. The summed E-state index contributed by atoms with van der Waals surface area (Å²) in [5.74, 6) is -0.468. The van der Waals surface area contributed by atoms with Gasteiger partial charge in [0.1, 0.15) is 11.3 Å². The van der Waals surface area contributed by atoms with Crippen LogP contribution in [0.4, 0.5) is 4.79 Å². The summed E-state index contributed by atoms with van der Waals surface area (Å²) in [4.78, 5) is 37.2. The molecule has 0 aliphatic carbocycles. The fourth-order valence-corrected chi connectivity index (χ4v) is 2.36. The molecule has 1 aromatic carbocycles. The highest BCUT2D eigenvalue weighted by atomic mass is 16.6. The second kappa shape index (κ2) is 7.73. The van der Waals surface area contributed by atoms with Gasteiger partial charge in [-0.25, -0.2) is 9.59 Å². The minimum absolute atomic E-state index is 0.0747. The fourth-order valence-electron chi connectivity index (χ4n) is 2.36. The van der Waals surface area contributed by atoms with Crippen LogP contribution < -0.4 is 19.5 Å². The molecule has 1 unspecified atom stereocenters. The van der Waals surface area contributed by atoms with Gasteiger partial charge in [0.25, 0.3) is 5.91 Å². The number of nitrogens with zero attached hydrogens (tertiary/aromatic N) is 1. The third-order valence-electron chi connectivity index (χ3n) is 3.68. The second-order valence-electron chi connectivity index (χ2n) is 5.18. The van der Waals surface area contributed by atoms with E-state index in [-0.39, 0.29) is 17.9 Å². The number of rotatable bonds is 6. The number of nitrogens with one attached hydrogen (secondary N) is 1. The quantitative estimate of drug-likeness (QED) is 0.756. The van der Waals surface area contributed by atoms with Crippen molar-refractivity contribution in [2.45, 2.75) is 13.0 Å². The van der Waals surface area contributed by atoms with E-state index in [1.165, 1.54) is 40.4 Å². The standard InChI is InChI=1S/C16H20N2O7/c1-9(14(19)18-6-5-17-16(18)21)25-15(20)10-7-12(23-3)13(24-4)8-11(10)22-2/h7-9H,5-6H2,1-4H3,(H,17,21). The van der Waals surface area contributed by atoms with Gasteiger partial charge in [0.2, 0.25) is 0 Å². The summed E-state index contributed by atoms with van der Waals surface area (Å²) in [5, 5.41) is 2.51. The number of ether oxygens (including phenoxy) is 4. The van der Waals surface area contributed by atoms with Gasteiger partial charge in [0.15, 0.2) is 17.6 Å². The largest absolute Gasteiger partial charge is 0.496 e. The summed E-state index contributed by atoms with van der Waals surface area (Å²) >= 11 is 0. The molecule has 2 rings (SSSR count). The lowest BCUT2D eigenvalue weighted by atomic mass is 10.1. The molecule has 1 fully saturated rings. The summed E-state index contributed by atoms with van der Waals surface area (Å²) in [6.07, 6.45) is -1.13. The molecular weight excluding hydrogens is 332 g/mol. The Labute approximate surface area is 144 Å². The van der Waals surface area contributed by atoms with Gasteiger partial charge in [0, 0.05) is 25.2 Å². The highest BCUT2D eigenvalue weighted by Gasteiger charge is 2.32. The zero-order valence-corrected chi connectivity index (χ0v) is 14.5. The molecule has 9 nitrogen and oxygen atoms in total. The molecular formula is C16H20N2O7. The Morgan fingerprint density at radius 1 is 1.08 bits per heavy atom. The van der Waals surface area contributed by atoms with Crippen LogP contribution in [-0.4, -0.2) is 63.3 Å². The van der Waals surface area contributed by atoms with E-state index in [4.69, 9.17) is 18.9 Å². The predicted octanol–water partition coefficient (Wildman–Crippen LogP) is 0.809. The zero-order chi connectivity index (χ0) is 18.6. The van der Waals surface area contributed by atoms with Crippen LogP contribution in [0.15, 0.2) is 12.1 Å². The zero-order valence-electron chi connectivity index (χ0n) is 14.5. The molecule has 136 valence electrons. The molecule has 1 saturated heterocycles. The van der Waals surface area contributed by atoms with E-state index in [0.29, 0.717) is 18.0 Å². The Kier molecular flexibility index (Phi) is 5.68. The van der Waals surface area contributed by atoms with Crippen molar-refractivity contribution in [1.29, 1.82) is 0 Å². The average molecular weight is 352 g/mol. The Morgan fingerprint density at radius 2 is 1.68 bits per heavy atom. The molecule has 0 spiro atoms. The van der Waals surface area contributed by atoms with E-state index in [1.807, 2.05) is 0 Å². The predicted molar refractivity (Wildman–Crippen MR) is 86.1 cm³/mol. The molecule has 1 aliphatic heterocycles. The van der Waals surface area contributed by atoms with Crippen molar-refractivity contribution in [2.75, 3.05) is 34.4 Å². The second-order valence-corrected chi connectivity index (χ2v) is 5.18. The molecule has 0 saturated carbocycles. The number of carbonyl (C=O) groups excluding carboxylic acids is 3. The van der Waals surface area contributed by atoms with Crippen LogP contribution >= 0.6 is 0 Å². The SMILES string of the molecule is COc1cc(OC)c(C(=O)OC(C)C(=O)N2CCNC2=O)cc1OC. The summed E-state index contributed by atoms with van der Waals surface area (Å²) in [6.45, 7) is 2.01. The number of methoxy groups -OCH3 is 3. The molecule has 3 amide bonds. The Bertz CT molecular complexity index is 689. The first-order valence-corrected chi connectivity index (χ1v) is 7.53. The van der Waals surface area contributed by atoms with E-state index >= 15 is 0 Å². The van der Waals surface area contributed by atoms with Crippen LogP contribution in [0, 0.1) is 0 Å². The number of imide groups is 1. The lowest BCUT2D eigenvalue weighted by Crippen LogP contribution is -2.41. The summed E-state index contributed by atoms with van der Waals surface area (Å²) in [6, 6.07) is 2.38. The van der Waals surface area contributed by atoms with Gasteiger partial charge in [-0.2, -0.15) is 0 Å². The smallest absolute Gasteiger partial charge is 0.342 e. The van der Waals surface area contributed by atoms with Gasteiger partial charge in [-0.1, -0.05) is 0 Å². The number of carbonyl (C=O) groups is 3. The van der Waals surface area contributed by atoms with E-state index in [9.17, 15) is 14.4 Å². The Morgan fingerprint density at radius 3 is 2.20 bits per heavy atom. The Balaban J connectivity index is 2.19. The number of esters is 1. The van der Waals surface area contributed by atoms with Crippen LogP contribution in [0.1, 0.15) is 17.3 Å².